The van der Waals surface area contributed by atoms with Crippen LogP contribution in [0.15, 0.2) is 12.1 Å². The third-order valence-corrected chi connectivity index (χ3v) is 4.35. The topological polar surface area (TPSA) is 85.3 Å². The number of fused-ring (bicyclic) bond motifs is 1. The number of carbonyl (C=O) groups excluding carboxylic acids is 1. The van der Waals surface area contributed by atoms with Gasteiger partial charge in [0.05, 0.1) is 12.5 Å². The van der Waals surface area contributed by atoms with E-state index >= 15 is 0 Å². The number of hydrogen-bond donors (Lipinski definition) is 1. The molecule has 1 aromatic carbocycles. The van der Waals surface area contributed by atoms with E-state index in [0.29, 0.717) is 49.0 Å². The maximum absolute atomic E-state index is 12.7. The van der Waals surface area contributed by atoms with Crippen LogP contribution in [0.3, 0.4) is 0 Å². The van der Waals surface area contributed by atoms with E-state index in [2.05, 4.69) is 0 Å². The first kappa shape index (κ1) is 15.5. The molecule has 1 fully saturated rings. The standard InChI is InChI=1S/C16H19NO6/c1-16(15(19)20)3-4-17(9-16)14(18)10-7-11(21-2)13-12(8-10)22-5-6-23-13/h7-8H,3-6,9H2,1-2H3,(H,19,20). The summed E-state index contributed by atoms with van der Waals surface area (Å²) in [5.74, 6) is 0.287. The number of likely N-dealkylation sites (tertiary alicyclic amines) is 1. The van der Waals surface area contributed by atoms with E-state index in [4.69, 9.17) is 14.2 Å². The lowest BCUT2D eigenvalue weighted by Gasteiger charge is -2.23. The molecule has 1 unspecified atom stereocenters. The molecule has 2 heterocycles. The molecule has 2 aliphatic heterocycles. The van der Waals surface area contributed by atoms with E-state index in [0.717, 1.165) is 0 Å². The summed E-state index contributed by atoms with van der Waals surface area (Å²) in [5, 5.41) is 9.29. The lowest BCUT2D eigenvalue weighted by Crippen LogP contribution is -2.35. The molecule has 7 nitrogen and oxygen atoms in total. The highest BCUT2D eigenvalue weighted by molar-refractivity contribution is 5.96. The van der Waals surface area contributed by atoms with Crippen molar-refractivity contribution < 1.29 is 28.9 Å². The van der Waals surface area contributed by atoms with Crippen molar-refractivity contribution in [2.45, 2.75) is 13.3 Å². The summed E-state index contributed by atoms with van der Waals surface area (Å²) in [6.45, 7) is 3.11. The van der Waals surface area contributed by atoms with Crippen LogP contribution in [0, 0.1) is 5.41 Å². The number of hydrogen-bond acceptors (Lipinski definition) is 5. The molecule has 0 aromatic heterocycles. The van der Waals surface area contributed by atoms with E-state index < -0.39 is 11.4 Å². The first-order chi connectivity index (χ1) is 10.9. The van der Waals surface area contributed by atoms with E-state index in [-0.39, 0.29) is 12.5 Å². The maximum Gasteiger partial charge on any atom is 0.311 e. The zero-order chi connectivity index (χ0) is 16.6. The molecular weight excluding hydrogens is 302 g/mol. The SMILES string of the molecule is COc1cc(C(=O)N2CCC(C)(C(=O)O)C2)cc2c1OCCO2. The van der Waals surface area contributed by atoms with Gasteiger partial charge < -0.3 is 24.2 Å². The van der Waals surface area contributed by atoms with E-state index in [1.807, 2.05) is 0 Å². The van der Waals surface area contributed by atoms with Crippen LogP contribution in [-0.4, -0.2) is 55.3 Å². The molecule has 0 saturated carbocycles. The second-order valence-corrected chi connectivity index (χ2v) is 6.05. The number of methoxy groups -OCH3 is 1. The van der Waals surface area contributed by atoms with Crippen molar-refractivity contribution in [2.24, 2.45) is 5.41 Å². The minimum atomic E-state index is -0.895. The van der Waals surface area contributed by atoms with Crippen LogP contribution in [0.2, 0.25) is 0 Å². The molecular formula is C16H19NO6. The van der Waals surface area contributed by atoms with Gasteiger partial charge in [0.25, 0.3) is 5.91 Å². The van der Waals surface area contributed by atoms with Gasteiger partial charge >= 0.3 is 5.97 Å². The van der Waals surface area contributed by atoms with Gasteiger partial charge in [0, 0.05) is 18.7 Å². The Hall–Kier alpha value is -2.44. The number of carbonyl (C=O) groups is 2. The average molecular weight is 321 g/mol. The van der Waals surface area contributed by atoms with Gasteiger partial charge in [0.1, 0.15) is 13.2 Å². The van der Waals surface area contributed by atoms with Crippen LogP contribution < -0.4 is 14.2 Å². The fourth-order valence-electron chi connectivity index (χ4n) is 2.89. The summed E-state index contributed by atoms with van der Waals surface area (Å²) in [6.07, 6.45) is 0.440. The van der Waals surface area contributed by atoms with E-state index in [1.165, 1.54) is 7.11 Å². The van der Waals surface area contributed by atoms with E-state index in [9.17, 15) is 14.7 Å². The van der Waals surface area contributed by atoms with Crippen LogP contribution in [0.4, 0.5) is 0 Å². The number of benzene rings is 1. The molecule has 124 valence electrons. The summed E-state index contributed by atoms with van der Waals surface area (Å²) in [4.78, 5) is 25.6. The van der Waals surface area contributed by atoms with Crippen molar-refractivity contribution in [1.29, 1.82) is 0 Å². The van der Waals surface area contributed by atoms with Gasteiger partial charge in [-0.25, -0.2) is 0 Å². The number of carboxylic acid groups (broad SMARTS) is 1. The molecule has 0 spiro atoms. The van der Waals surface area contributed by atoms with Crippen LogP contribution in [-0.2, 0) is 4.79 Å². The number of carboxylic acids is 1. The predicted molar refractivity (Wildman–Crippen MR) is 80.2 cm³/mol. The van der Waals surface area contributed by atoms with E-state index in [1.54, 1.807) is 24.0 Å². The largest absolute Gasteiger partial charge is 0.493 e. The molecule has 1 atom stereocenters. The fourth-order valence-corrected chi connectivity index (χ4v) is 2.89. The zero-order valence-corrected chi connectivity index (χ0v) is 13.1. The Balaban J connectivity index is 1.87. The molecule has 0 radical (unpaired) electrons. The Morgan fingerprint density at radius 2 is 2.04 bits per heavy atom. The maximum atomic E-state index is 12.7. The van der Waals surface area contributed by atoms with Crippen molar-refractivity contribution in [3.05, 3.63) is 17.7 Å². The molecule has 7 heteroatoms. The van der Waals surface area contributed by atoms with Gasteiger partial charge in [-0.3, -0.25) is 9.59 Å². The van der Waals surface area contributed by atoms with Crippen molar-refractivity contribution in [2.75, 3.05) is 33.4 Å². The third kappa shape index (κ3) is 2.67. The predicted octanol–water partition coefficient (Wildman–Crippen LogP) is 1.40. The van der Waals surface area contributed by atoms with Gasteiger partial charge in [-0.15, -0.1) is 0 Å². The first-order valence-electron chi connectivity index (χ1n) is 7.45. The minimum Gasteiger partial charge on any atom is -0.493 e. The Bertz CT molecular complexity index is 641. The third-order valence-electron chi connectivity index (χ3n) is 4.35. The summed E-state index contributed by atoms with van der Waals surface area (Å²) in [6, 6.07) is 3.22. The summed E-state index contributed by atoms with van der Waals surface area (Å²) in [7, 11) is 1.50. The Kier molecular flexibility index (Phi) is 3.79. The number of rotatable bonds is 3. The number of amides is 1. The van der Waals surface area contributed by atoms with Crippen LogP contribution in [0.25, 0.3) is 0 Å². The van der Waals surface area contributed by atoms with Crippen molar-refractivity contribution in [3.8, 4) is 17.2 Å². The zero-order valence-electron chi connectivity index (χ0n) is 13.1. The summed E-state index contributed by atoms with van der Waals surface area (Å²) < 4.78 is 16.3. The second kappa shape index (κ2) is 5.64. The Morgan fingerprint density at radius 3 is 2.70 bits per heavy atom. The number of nitrogens with zero attached hydrogens (tertiary/aromatic N) is 1. The fraction of sp³-hybridized carbons (Fsp3) is 0.500. The number of ether oxygens (including phenoxy) is 3. The molecule has 0 bridgehead atoms. The van der Waals surface area contributed by atoms with Crippen LogP contribution in [0.5, 0.6) is 17.2 Å². The van der Waals surface area contributed by atoms with Crippen molar-refractivity contribution >= 4 is 11.9 Å². The van der Waals surface area contributed by atoms with Crippen molar-refractivity contribution in [3.63, 3.8) is 0 Å². The smallest absolute Gasteiger partial charge is 0.311 e. The van der Waals surface area contributed by atoms with Crippen LogP contribution >= 0.6 is 0 Å². The highest BCUT2D eigenvalue weighted by Gasteiger charge is 2.42. The molecule has 1 aromatic rings. The molecule has 2 aliphatic rings. The molecule has 0 aliphatic carbocycles. The monoisotopic (exact) mass is 321 g/mol. The molecule has 3 rings (SSSR count). The van der Waals surface area contributed by atoms with Gasteiger partial charge in [0.15, 0.2) is 11.5 Å². The first-order valence-corrected chi connectivity index (χ1v) is 7.45. The van der Waals surface area contributed by atoms with Gasteiger partial charge in [-0.1, -0.05) is 0 Å². The van der Waals surface area contributed by atoms with Gasteiger partial charge in [0.2, 0.25) is 5.75 Å². The quantitative estimate of drug-likeness (QED) is 0.906. The summed E-state index contributed by atoms with van der Waals surface area (Å²) >= 11 is 0. The number of aliphatic carboxylic acids is 1. The molecule has 1 saturated heterocycles. The Morgan fingerprint density at radius 1 is 1.30 bits per heavy atom. The van der Waals surface area contributed by atoms with Gasteiger partial charge in [-0.2, -0.15) is 0 Å². The normalized spacial score (nSPS) is 22.8. The molecule has 23 heavy (non-hydrogen) atoms. The van der Waals surface area contributed by atoms with Crippen LogP contribution in [0.1, 0.15) is 23.7 Å². The van der Waals surface area contributed by atoms with Gasteiger partial charge in [-0.05, 0) is 25.5 Å². The minimum absolute atomic E-state index is 0.192. The highest BCUT2D eigenvalue weighted by Crippen LogP contribution is 2.41. The average Bonchev–Trinajstić information content (AvgIpc) is 2.97. The molecule has 1 amide bonds. The Labute approximate surface area is 133 Å². The lowest BCUT2D eigenvalue weighted by molar-refractivity contribution is -0.147. The lowest BCUT2D eigenvalue weighted by atomic mass is 9.90. The molecule has 1 N–H and O–H groups in total. The summed E-state index contributed by atoms with van der Waals surface area (Å²) in [5.41, 5.74) is -0.492. The second-order valence-electron chi connectivity index (χ2n) is 6.05. The highest BCUT2D eigenvalue weighted by atomic mass is 16.6. The van der Waals surface area contributed by atoms with Crippen molar-refractivity contribution in [1.82, 2.24) is 4.90 Å².